The molecule has 0 amide bonds. The van der Waals surface area contributed by atoms with Crippen LogP contribution in [0.5, 0.6) is 11.5 Å². The average molecular weight is 211 g/mol. The number of rotatable bonds is 3. The highest BCUT2D eigenvalue weighted by molar-refractivity contribution is 5.74. The number of guanidine groups is 1. The molecule has 0 spiro atoms. The number of aliphatic hydroxyl groups excluding tert-OH is 1. The Hall–Kier alpha value is -1.95. The normalized spacial score (nSPS) is 12.1. The minimum atomic E-state index is -1.04. The van der Waals surface area contributed by atoms with Crippen LogP contribution in [0.1, 0.15) is 11.7 Å². The van der Waals surface area contributed by atoms with E-state index >= 15 is 0 Å². The highest BCUT2D eigenvalue weighted by atomic mass is 16.3. The summed E-state index contributed by atoms with van der Waals surface area (Å²) in [6, 6.07) is 3.84. The van der Waals surface area contributed by atoms with Gasteiger partial charge in [0.25, 0.3) is 0 Å². The fourth-order valence-corrected chi connectivity index (χ4v) is 1.13. The lowest BCUT2D eigenvalue weighted by molar-refractivity contribution is 0.176. The number of nitrogens with one attached hydrogen (secondary N) is 2. The number of nitrogens with two attached hydrogens (primary N) is 1. The standard InChI is InChI=1S/C9H13N3O3/c10-9(11)12-4-8(15)6-3-5(13)1-2-7(6)14/h1-3,8,13-15H,4H2,(H4,10,11,12). The Morgan fingerprint density at radius 2 is 2.13 bits per heavy atom. The second-order valence-electron chi connectivity index (χ2n) is 3.05. The van der Waals surface area contributed by atoms with Crippen molar-refractivity contribution in [3.63, 3.8) is 0 Å². The van der Waals surface area contributed by atoms with Crippen LogP contribution in [0.15, 0.2) is 18.2 Å². The van der Waals surface area contributed by atoms with E-state index in [9.17, 15) is 10.2 Å². The number of phenolic OH excluding ortho intramolecular Hbond substituents is 2. The lowest BCUT2D eigenvalue weighted by atomic mass is 10.1. The van der Waals surface area contributed by atoms with Gasteiger partial charge in [-0.25, -0.2) is 0 Å². The third-order valence-electron chi connectivity index (χ3n) is 1.86. The number of hydrogen-bond acceptors (Lipinski definition) is 4. The Morgan fingerprint density at radius 3 is 2.73 bits per heavy atom. The predicted molar refractivity (Wildman–Crippen MR) is 54.6 cm³/mol. The van der Waals surface area contributed by atoms with Gasteiger partial charge in [-0.2, -0.15) is 0 Å². The molecule has 1 atom stereocenters. The molecule has 0 heterocycles. The monoisotopic (exact) mass is 211 g/mol. The van der Waals surface area contributed by atoms with Gasteiger partial charge in [-0.05, 0) is 18.2 Å². The van der Waals surface area contributed by atoms with Crippen molar-refractivity contribution in [2.75, 3.05) is 6.54 Å². The summed E-state index contributed by atoms with van der Waals surface area (Å²) in [5, 5.41) is 37.4. The molecule has 0 aliphatic carbocycles. The highest BCUT2D eigenvalue weighted by Gasteiger charge is 2.12. The van der Waals surface area contributed by atoms with Crippen LogP contribution in [0.3, 0.4) is 0 Å². The van der Waals surface area contributed by atoms with Crippen molar-refractivity contribution in [1.82, 2.24) is 5.32 Å². The number of benzene rings is 1. The maximum absolute atomic E-state index is 9.59. The molecule has 1 aromatic rings. The summed E-state index contributed by atoms with van der Waals surface area (Å²) in [4.78, 5) is 0. The van der Waals surface area contributed by atoms with Crippen molar-refractivity contribution < 1.29 is 15.3 Å². The molecule has 0 aliphatic rings. The van der Waals surface area contributed by atoms with Crippen LogP contribution in [0.4, 0.5) is 0 Å². The zero-order valence-electron chi connectivity index (χ0n) is 7.94. The summed E-state index contributed by atoms with van der Waals surface area (Å²) in [6.45, 7) is -0.00759. The van der Waals surface area contributed by atoms with Crippen molar-refractivity contribution in [2.45, 2.75) is 6.10 Å². The van der Waals surface area contributed by atoms with Gasteiger partial charge < -0.3 is 26.4 Å². The van der Waals surface area contributed by atoms with Gasteiger partial charge in [0.1, 0.15) is 11.5 Å². The maximum atomic E-state index is 9.59. The number of aromatic hydroxyl groups is 2. The molecule has 0 radical (unpaired) electrons. The number of aliphatic hydroxyl groups is 1. The topological polar surface area (TPSA) is 123 Å². The fraction of sp³-hybridized carbons (Fsp3) is 0.222. The van der Waals surface area contributed by atoms with E-state index in [0.717, 1.165) is 0 Å². The van der Waals surface area contributed by atoms with E-state index in [4.69, 9.17) is 16.2 Å². The molecule has 15 heavy (non-hydrogen) atoms. The molecule has 6 heteroatoms. The lowest BCUT2D eigenvalue weighted by Crippen LogP contribution is -2.33. The van der Waals surface area contributed by atoms with Crippen molar-refractivity contribution in [3.05, 3.63) is 23.8 Å². The molecule has 0 saturated carbocycles. The predicted octanol–water partition coefficient (Wildman–Crippen LogP) is -0.386. The Balaban J connectivity index is 2.76. The minimum absolute atomic E-state index is 0.00759. The van der Waals surface area contributed by atoms with E-state index in [1.165, 1.54) is 18.2 Å². The van der Waals surface area contributed by atoms with Crippen molar-refractivity contribution in [1.29, 1.82) is 5.41 Å². The third-order valence-corrected chi connectivity index (χ3v) is 1.86. The quantitative estimate of drug-likeness (QED) is 0.231. The molecule has 0 bridgehead atoms. The van der Waals surface area contributed by atoms with Gasteiger partial charge in [0, 0.05) is 12.1 Å². The summed E-state index contributed by atoms with van der Waals surface area (Å²) in [7, 11) is 0. The fourth-order valence-electron chi connectivity index (χ4n) is 1.13. The minimum Gasteiger partial charge on any atom is -0.508 e. The number of hydrogen-bond donors (Lipinski definition) is 6. The van der Waals surface area contributed by atoms with Crippen molar-refractivity contribution in [3.8, 4) is 11.5 Å². The van der Waals surface area contributed by atoms with Crippen LogP contribution in [0, 0.1) is 5.41 Å². The van der Waals surface area contributed by atoms with E-state index in [-0.39, 0.29) is 29.6 Å². The second kappa shape index (κ2) is 4.52. The maximum Gasteiger partial charge on any atom is 0.185 e. The molecule has 1 rings (SSSR count). The summed E-state index contributed by atoms with van der Waals surface area (Å²) in [6.07, 6.45) is -1.04. The van der Waals surface area contributed by atoms with Crippen LogP contribution in [0.2, 0.25) is 0 Å². The van der Waals surface area contributed by atoms with E-state index in [1.54, 1.807) is 0 Å². The van der Waals surface area contributed by atoms with Crippen LogP contribution in [0.25, 0.3) is 0 Å². The molecule has 1 aromatic carbocycles. The molecular formula is C9H13N3O3. The van der Waals surface area contributed by atoms with Crippen molar-refractivity contribution >= 4 is 5.96 Å². The van der Waals surface area contributed by atoms with Gasteiger partial charge in [-0.1, -0.05) is 0 Å². The van der Waals surface area contributed by atoms with Crippen LogP contribution < -0.4 is 11.1 Å². The van der Waals surface area contributed by atoms with E-state index in [1.807, 2.05) is 0 Å². The van der Waals surface area contributed by atoms with Crippen molar-refractivity contribution in [2.24, 2.45) is 5.73 Å². The van der Waals surface area contributed by atoms with E-state index < -0.39 is 6.10 Å². The van der Waals surface area contributed by atoms with Crippen LogP contribution in [-0.2, 0) is 0 Å². The molecule has 7 N–H and O–H groups in total. The Morgan fingerprint density at radius 1 is 1.47 bits per heavy atom. The number of phenols is 2. The second-order valence-corrected chi connectivity index (χ2v) is 3.05. The Kier molecular flexibility index (Phi) is 3.35. The first-order valence-electron chi connectivity index (χ1n) is 4.28. The van der Waals surface area contributed by atoms with Crippen LogP contribution in [-0.4, -0.2) is 27.8 Å². The van der Waals surface area contributed by atoms with Gasteiger partial charge in [0.05, 0.1) is 6.10 Å². The van der Waals surface area contributed by atoms with Gasteiger partial charge in [-0.3, -0.25) is 5.41 Å². The molecule has 0 saturated heterocycles. The molecule has 1 unspecified atom stereocenters. The largest absolute Gasteiger partial charge is 0.508 e. The Labute approximate surface area is 86.5 Å². The zero-order chi connectivity index (χ0) is 11.4. The molecule has 0 aromatic heterocycles. The highest BCUT2D eigenvalue weighted by Crippen LogP contribution is 2.27. The van der Waals surface area contributed by atoms with E-state index in [0.29, 0.717) is 0 Å². The summed E-state index contributed by atoms with van der Waals surface area (Å²) in [5.41, 5.74) is 5.22. The first kappa shape index (κ1) is 11.1. The molecule has 0 fully saturated rings. The van der Waals surface area contributed by atoms with Gasteiger partial charge in [-0.15, -0.1) is 0 Å². The lowest BCUT2D eigenvalue weighted by Gasteiger charge is -2.13. The first-order valence-corrected chi connectivity index (χ1v) is 4.28. The van der Waals surface area contributed by atoms with Crippen LogP contribution >= 0.6 is 0 Å². The molecular weight excluding hydrogens is 198 g/mol. The zero-order valence-corrected chi connectivity index (χ0v) is 7.94. The molecule has 0 aliphatic heterocycles. The van der Waals surface area contributed by atoms with Gasteiger partial charge in [0.2, 0.25) is 0 Å². The van der Waals surface area contributed by atoms with E-state index in [2.05, 4.69) is 5.32 Å². The van der Waals surface area contributed by atoms with Gasteiger partial charge in [0.15, 0.2) is 5.96 Å². The Bertz CT molecular complexity index is 368. The SMILES string of the molecule is N=C(N)NCC(O)c1cc(O)ccc1O. The summed E-state index contributed by atoms with van der Waals surface area (Å²) in [5.74, 6) is -0.441. The third kappa shape index (κ3) is 3.03. The average Bonchev–Trinajstić information content (AvgIpc) is 2.18. The smallest absolute Gasteiger partial charge is 0.185 e. The summed E-state index contributed by atoms with van der Waals surface area (Å²) < 4.78 is 0. The molecule has 82 valence electrons. The summed E-state index contributed by atoms with van der Waals surface area (Å²) >= 11 is 0. The first-order chi connectivity index (χ1) is 7.00. The molecule has 6 nitrogen and oxygen atoms in total. The van der Waals surface area contributed by atoms with Gasteiger partial charge >= 0.3 is 0 Å².